The molecule has 39 heavy (non-hydrogen) atoms. The summed E-state index contributed by atoms with van der Waals surface area (Å²) in [6, 6.07) is 11.1. The maximum Gasteiger partial charge on any atom is 0.294 e. The van der Waals surface area contributed by atoms with Crippen molar-refractivity contribution in [3.63, 3.8) is 0 Å². The van der Waals surface area contributed by atoms with Crippen LogP contribution in [0.5, 0.6) is 5.75 Å². The normalized spacial score (nSPS) is 11.5. The second kappa shape index (κ2) is 11.6. The molecule has 1 amide bonds. The van der Waals surface area contributed by atoms with Gasteiger partial charge in [-0.05, 0) is 86.2 Å². The van der Waals surface area contributed by atoms with E-state index in [2.05, 4.69) is 25.5 Å². The molecule has 2 heterocycles. The van der Waals surface area contributed by atoms with Gasteiger partial charge in [0.2, 0.25) is 5.82 Å². The zero-order chi connectivity index (χ0) is 28.2. The monoisotopic (exact) mass is 539 g/mol. The molecule has 0 unspecified atom stereocenters. The van der Waals surface area contributed by atoms with Gasteiger partial charge in [-0.2, -0.15) is 0 Å². The van der Waals surface area contributed by atoms with Gasteiger partial charge in [0.1, 0.15) is 17.4 Å². The molecule has 0 aliphatic carbocycles. The van der Waals surface area contributed by atoms with E-state index in [1.807, 2.05) is 25.1 Å². The molecule has 204 valence electrons. The third-order valence-electron chi connectivity index (χ3n) is 5.94. The lowest BCUT2D eigenvalue weighted by atomic mass is 10.0. The van der Waals surface area contributed by atoms with Crippen LogP contribution in [-0.2, 0) is 6.42 Å². The number of hydrogen-bond acceptors (Lipinski definition) is 6. The summed E-state index contributed by atoms with van der Waals surface area (Å²) in [5, 5.41) is 20.1. The number of aromatic nitrogens is 4. The van der Waals surface area contributed by atoms with E-state index in [-0.39, 0.29) is 29.5 Å². The molecule has 0 saturated heterocycles. The van der Waals surface area contributed by atoms with Crippen molar-refractivity contribution >= 4 is 11.7 Å². The number of carbonyl (C=O) groups is 1. The Kier molecular flexibility index (Phi) is 8.29. The van der Waals surface area contributed by atoms with Crippen molar-refractivity contribution in [2.45, 2.75) is 45.6 Å². The van der Waals surface area contributed by atoms with Crippen LogP contribution >= 0.6 is 0 Å². The summed E-state index contributed by atoms with van der Waals surface area (Å²) in [7, 11) is 0. The summed E-state index contributed by atoms with van der Waals surface area (Å²) in [5.74, 6) is -3.94. The highest BCUT2D eigenvalue weighted by Gasteiger charge is 2.18. The first-order valence-corrected chi connectivity index (χ1v) is 12.3. The van der Waals surface area contributed by atoms with Gasteiger partial charge in [0.15, 0.2) is 17.5 Å². The maximum atomic E-state index is 14.0. The number of aryl methyl sites for hydroxylation is 1. The molecule has 0 atom stereocenters. The lowest BCUT2D eigenvalue weighted by Crippen LogP contribution is -2.19. The topological polar surface area (TPSA) is 113 Å². The zero-order valence-electron chi connectivity index (χ0n) is 21.7. The lowest BCUT2D eigenvalue weighted by molar-refractivity contribution is 0.0641. The smallest absolute Gasteiger partial charge is 0.294 e. The molecule has 0 spiro atoms. The van der Waals surface area contributed by atoms with E-state index in [1.165, 1.54) is 0 Å². The molecule has 3 N–H and O–H groups in total. The summed E-state index contributed by atoms with van der Waals surface area (Å²) >= 11 is 0. The van der Waals surface area contributed by atoms with E-state index < -0.39 is 29.0 Å². The van der Waals surface area contributed by atoms with Crippen LogP contribution < -0.4 is 10.1 Å². The van der Waals surface area contributed by atoms with Gasteiger partial charge in [-0.15, -0.1) is 10.2 Å². The average molecular weight is 540 g/mol. The van der Waals surface area contributed by atoms with Gasteiger partial charge in [-0.1, -0.05) is 12.1 Å². The minimum absolute atomic E-state index is 0.0989. The number of halogens is 3. The van der Waals surface area contributed by atoms with Crippen LogP contribution in [0.3, 0.4) is 0 Å². The second-order valence-corrected chi connectivity index (χ2v) is 9.76. The Morgan fingerprint density at radius 3 is 2.64 bits per heavy atom. The SMILES string of the molecule is Cc1ccc(OCCCC(C)(C)O)cc1-c1ccnc(NC(=O)c2nnc(Cc3ccc(F)c(F)c3F)[nH]2)c1. The van der Waals surface area contributed by atoms with Gasteiger partial charge in [-0.3, -0.25) is 4.79 Å². The first-order valence-electron chi connectivity index (χ1n) is 12.3. The molecule has 4 aromatic rings. The van der Waals surface area contributed by atoms with Crippen LogP contribution in [0.15, 0.2) is 48.7 Å². The molecule has 0 saturated carbocycles. The molecule has 0 aliphatic rings. The number of aliphatic hydroxyl groups is 1. The average Bonchev–Trinajstić information content (AvgIpc) is 3.36. The van der Waals surface area contributed by atoms with Gasteiger partial charge < -0.3 is 20.1 Å². The van der Waals surface area contributed by atoms with Crippen molar-refractivity contribution in [2.75, 3.05) is 11.9 Å². The quantitative estimate of drug-likeness (QED) is 0.185. The number of anilines is 1. The summed E-state index contributed by atoms with van der Waals surface area (Å²) in [6.07, 6.45) is 2.66. The fraction of sp³-hybridized carbons (Fsp3) is 0.286. The van der Waals surface area contributed by atoms with E-state index in [1.54, 1.807) is 32.2 Å². The highest BCUT2D eigenvalue weighted by Crippen LogP contribution is 2.29. The molecule has 2 aromatic heterocycles. The zero-order valence-corrected chi connectivity index (χ0v) is 21.7. The van der Waals surface area contributed by atoms with Gasteiger partial charge in [0.05, 0.1) is 12.2 Å². The van der Waals surface area contributed by atoms with E-state index >= 15 is 0 Å². The molecular weight excluding hydrogens is 511 g/mol. The third-order valence-corrected chi connectivity index (χ3v) is 5.94. The van der Waals surface area contributed by atoms with Gasteiger partial charge >= 0.3 is 0 Å². The number of hydrogen-bond donors (Lipinski definition) is 3. The molecular formula is C28H28F3N5O3. The van der Waals surface area contributed by atoms with Crippen LogP contribution in [-0.4, -0.2) is 43.4 Å². The number of amides is 1. The van der Waals surface area contributed by atoms with Gasteiger partial charge in [0, 0.05) is 12.6 Å². The van der Waals surface area contributed by atoms with Crippen LogP contribution in [0, 0.1) is 24.4 Å². The molecule has 8 nitrogen and oxygen atoms in total. The van der Waals surface area contributed by atoms with Crippen molar-refractivity contribution in [2.24, 2.45) is 0 Å². The van der Waals surface area contributed by atoms with E-state index in [4.69, 9.17) is 4.74 Å². The molecule has 0 radical (unpaired) electrons. The van der Waals surface area contributed by atoms with Gasteiger partial charge in [-0.25, -0.2) is 18.2 Å². The van der Waals surface area contributed by atoms with Gasteiger partial charge in [0.25, 0.3) is 5.91 Å². The number of rotatable bonds is 10. The molecule has 0 bridgehead atoms. The standard InChI is InChI=1S/C28H28F3N5O3/c1-16-5-7-19(39-12-4-10-28(2,3)38)15-20(16)17-9-11-32-22(13-17)34-27(37)26-33-23(35-36-26)14-18-6-8-21(29)25(31)24(18)30/h5-9,11,13,15,38H,4,10,12,14H2,1-3H3,(H,32,34,37)(H,33,35,36). The second-order valence-electron chi connectivity index (χ2n) is 9.76. The van der Waals surface area contributed by atoms with Crippen LogP contribution in [0.2, 0.25) is 0 Å². The Morgan fingerprint density at radius 2 is 1.87 bits per heavy atom. The minimum Gasteiger partial charge on any atom is -0.494 e. The molecule has 4 rings (SSSR count). The van der Waals surface area contributed by atoms with Crippen molar-refractivity contribution < 1.29 is 27.8 Å². The predicted octanol–water partition coefficient (Wildman–Crippen LogP) is 5.37. The van der Waals surface area contributed by atoms with E-state index in [0.717, 1.165) is 28.8 Å². The summed E-state index contributed by atoms with van der Waals surface area (Å²) in [4.78, 5) is 19.6. The number of benzene rings is 2. The lowest BCUT2D eigenvalue weighted by Gasteiger charge is -2.17. The summed E-state index contributed by atoms with van der Waals surface area (Å²) in [6.45, 7) is 5.94. The highest BCUT2D eigenvalue weighted by molar-refractivity contribution is 6.01. The summed E-state index contributed by atoms with van der Waals surface area (Å²) in [5.41, 5.74) is 1.81. The number of aromatic amines is 1. The van der Waals surface area contributed by atoms with Crippen LogP contribution in [0.4, 0.5) is 19.0 Å². The van der Waals surface area contributed by atoms with E-state index in [9.17, 15) is 23.1 Å². The Bertz CT molecular complexity index is 1480. The number of ether oxygens (including phenoxy) is 1. The first kappa shape index (κ1) is 27.8. The molecule has 0 fully saturated rings. The number of nitrogens with zero attached hydrogens (tertiary/aromatic N) is 3. The first-order chi connectivity index (χ1) is 18.5. The number of nitrogens with one attached hydrogen (secondary N) is 2. The fourth-order valence-corrected chi connectivity index (χ4v) is 3.90. The van der Waals surface area contributed by atoms with Crippen molar-refractivity contribution in [3.8, 4) is 16.9 Å². The Hall–Kier alpha value is -4.25. The van der Waals surface area contributed by atoms with Crippen LogP contribution in [0.25, 0.3) is 11.1 Å². The number of H-pyrrole nitrogens is 1. The predicted molar refractivity (Wildman–Crippen MR) is 139 cm³/mol. The molecule has 0 aliphatic heterocycles. The molecule has 11 heteroatoms. The third kappa shape index (κ3) is 7.20. The van der Waals surface area contributed by atoms with Crippen LogP contribution in [0.1, 0.15) is 54.3 Å². The van der Waals surface area contributed by atoms with Crippen molar-refractivity contribution in [3.05, 3.63) is 88.9 Å². The maximum absolute atomic E-state index is 14.0. The van der Waals surface area contributed by atoms with Crippen molar-refractivity contribution in [1.29, 1.82) is 0 Å². The Balaban J connectivity index is 1.43. The van der Waals surface area contributed by atoms with Crippen molar-refractivity contribution in [1.82, 2.24) is 20.2 Å². The fourth-order valence-electron chi connectivity index (χ4n) is 3.90. The minimum atomic E-state index is -1.57. The Morgan fingerprint density at radius 1 is 1.08 bits per heavy atom. The highest BCUT2D eigenvalue weighted by atomic mass is 19.2. The Labute approximate surface area is 223 Å². The number of carbonyl (C=O) groups excluding carboxylic acids is 1. The molecule has 2 aromatic carbocycles. The van der Waals surface area contributed by atoms with E-state index in [0.29, 0.717) is 25.2 Å². The number of pyridine rings is 1. The largest absolute Gasteiger partial charge is 0.494 e. The summed E-state index contributed by atoms with van der Waals surface area (Å²) < 4.78 is 46.5.